The normalized spacial score (nSPS) is 9.94. The molecule has 0 heterocycles. The van der Waals surface area contributed by atoms with Gasteiger partial charge in [0.1, 0.15) is 12.4 Å². The summed E-state index contributed by atoms with van der Waals surface area (Å²) in [6, 6.07) is 7.42. The van der Waals surface area contributed by atoms with Crippen LogP contribution in [-0.2, 0) is 4.74 Å². The number of benzene rings is 1. The van der Waals surface area contributed by atoms with E-state index in [1.165, 1.54) is 11.9 Å². The van der Waals surface area contributed by atoms with Gasteiger partial charge in [-0.3, -0.25) is 4.72 Å². The Morgan fingerprint density at radius 3 is 3.00 bits per heavy atom. The third-order valence-electron chi connectivity index (χ3n) is 1.77. The molecular formula is C13H17NO3S. The van der Waals surface area contributed by atoms with Crippen LogP contribution in [0, 0.1) is 0 Å². The van der Waals surface area contributed by atoms with Gasteiger partial charge in [0.2, 0.25) is 0 Å². The molecule has 1 amide bonds. The summed E-state index contributed by atoms with van der Waals surface area (Å²) in [4.78, 5) is 12.2. The highest BCUT2D eigenvalue weighted by molar-refractivity contribution is 7.98. The number of nitrogens with one attached hydrogen (secondary N) is 1. The van der Waals surface area contributed by atoms with E-state index < -0.39 is 6.09 Å². The zero-order valence-corrected chi connectivity index (χ0v) is 11.3. The molecular weight excluding hydrogens is 250 g/mol. The van der Waals surface area contributed by atoms with E-state index in [4.69, 9.17) is 9.47 Å². The topological polar surface area (TPSA) is 47.6 Å². The van der Waals surface area contributed by atoms with E-state index in [1.807, 2.05) is 24.3 Å². The molecule has 18 heavy (non-hydrogen) atoms. The van der Waals surface area contributed by atoms with Crippen LogP contribution in [0.3, 0.4) is 0 Å². The molecule has 0 aromatic heterocycles. The van der Waals surface area contributed by atoms with E-state index in [2.05, 4.69) is 11.3 Å². The van der Waals surface area contributed by atoms with E-state index in [1.54, 1.807) is 19.9 Å². The van der Waals surface area contributed by atoms with Crippen LogP contribution in [-0.4, -0.2) is 18.8 Å². The summed E-state index contributed by atoms with van der Waals surface area (Å²) in [7, 11) is 0. The highest BCUT2D eigenvalue weighted by Crippen LogP contribution is 2.20. The summed E-state index contributed by atoms with van der Waals surface area (Å²) in [6.45, 7) is 7.64. The summed E-state index contributed by atoms with van der Waals surface area (Å²) in [6.07, 6.45) is 1.10. The molecule has 0 fully saturated rings. The average molecular weight is 267 g/mol. The fourth-order valence-corrected chi connectivity index (χ4v) is 1.69. The summed E-state index contributed by atoms with van der Waals surface area (Å²) >= 11 is 1.19. The molecule has 0 unspecified atom stereocenters. The van der Waals surface area contributed by atoms with Crippen molar-refractivity contribution in [2.75, 3.05) is 6.61 Å². The molecule has 0 aliphatic heterocycles. The predicted molar refractivity (Wildman–Crippen MR) is 72.7 cm³/mol. The zero-order chi connectivity index (χ0) is 13.4. The zero-order valence-electron chi connectivity index (χ0n) is 10.5. The van der Waals surface area contributed by atoms with Crippen molar-refractivity contribution in [3.8, 4) is 5.75 Å². The summed E-state index contributed by atoms with van der Waals surface area (Å²) in [5.74, 6) is 0.735. The van der Waals surface area contributed by atoms with Crippen molar-refractivity contribution in [1.82, 2.24) is 4.72 Å². The maximum atomic E-state index is 11.3. The molecule has 1 rings (SSSR count). The van der Waals surface area contributed by atoms with Gasteiger partial charge in [0.25, 0.3) is 0 Å². The first-order valence-electron chi connectivity index (χ1n) is 5.59. The predicted octanol–water partition coefficient (Wildman–Crippen LogP) is 3.39. The molecule has 0 radical (unpaired) electrons. The number of carbonyl (C=O) groups excluding carboxylic acids is 1. The lowest BCUT2D eigenvalue weighted by molar-refractivity contribution is 0.122. The Morgan fingerprint density at radius 1 is 1.56 bits per heavy atom. The minimum atomic E-state index is -0.451. The number of ether oxygens (including phenoxy) is 2. The third kappa shape index (κ3) is 5.63. The molecule has 0 aliphatic carbocycles. The lowest BCUT2D eigenvalue weighted by Crippen LogP contribution is -2.20. The molecule has 0 saturated carbocycles. The van der Waals surface area contributed by atoms with E-state index in [-0.39, 0.29) is 6.10 Å². The molecule has 4 nitrogen and oxygen atoms in total. The fourth-order valence-electron chi connectivity index (χ4n) is 1.12. The Hall–Kier alpha value is -1.62. The Balaban J connectivity index is 2.46. The van der Waals surface area contributed by atoms with Gasteiger partial charge in [-0.25, -0.2) is 4.79 Å². The molecule has 1 aromatic carbocycles. The maximum Gasteiger partial charge on any atom is 0.417 e. The van der Waals surface area contributed by atoms with Gasteiger partial charge in [0.15, 0.2) is 0 Å². The second-order valence-electron chi connectivity index (χ2n) is 3.73. The highest BCUT2D eigenvalue weighted by atomic mass is 32.2. The van der Waals surface area contributed by atoms with Gasteiger partial charge in [0.05, 0.1) is 6.10 Å². The Labute approximate surface area is 111 Å². The van der Waals surface area contributed by atoms with Crippen molar-refractivity contribution in [3.05, 3.63) is 36.9 Å². The number of rotatable bonds is 6. The molecule has 0 atom stereocenters. The Kier molecular flexibility index (Phi) is 6.14. The second kappa shape index (κ2) is 7.66. The van der Waals surface area contributed by atoms with Gasteiger partial charge in [-0.05, 0) is 44.0 Å². The summed E-state index contributed by atoms with van der Waals surface area (Å²) in [5.41, 5.74) is 0. The fraction of sp³-hybridized carbons (Fsp3) is 0.308. The van der Waals surface area contributed by atoms with Crippen molar-refractivity contribution in [2.24, 2.45) is 0 Å². The molecule has 5 heteroatoms. The first-order chi connectivity index (χ1) is 8.61. The van der Waals surface area contributed by atoms with Crippen LogP contribution < -0.4 is 9.46 Å². The minimum Gasteiger partial charge on any atom is -0.490 e. The van der Waals surface area contributed by atoms with Crippen LogP contribution in [0.5, 0.6) is 5.75 Å². The number of hydrogen-bond donors (Lipinski definition) is 1. The maximum absolute atomic E-state index is 11.3. The molecule has 0 saturated heterocycles. The number of carbonyl (C=O) groups is 1. The number of hydrogen-bond acceptors (Lipinski definition) is 4. The summed E-state index contributed by atoms with van der Waals surface area (Å²) < 4.78 is 12.9. The molecule has 0 bridgehead atoms. The van der Waals surface area contributed by atoms with E-state index >= 15 is 0 Å². The van der Waals surface area contributed by atoms with Crippen molar-refractivity contribution in [2.45, 2.75) is 24.8 Å². The monoisotopic (exact) mass is 267 g/mol. The molecule has 1 N–H and O–H groups in total. The Morgan fingerprint density at radius 2 is 2.33 bits per heavy atom. The van der Waals surface area contributed by atoms with Crippen molar-refractivity contribution >= 4 is 18.0 Å². The van der Waals surface area contributed by atoms with Crippen LogP contribution in [0.15, 0.2) is 41.8 Å². The quantitative estimate of drug-likeness (QED) is 0.634. The minimum absolute atomic E-state index is 0.132. The van der Waals surface area contributed by atoms with Crippen LogP contribution in [0.4, 0.5) is 4.79 Å². The lowest BCUT2D eigenvalue weighted by atomic mass is 10.3. The van der Waals surface area contributed by atoms with Crippen LogP contribution >= 0.6 is 11.9 Å². The van der Waals surface area contributed by atoms with Crippen LogP contribution in [0.1, 0.15) is 13.8 Å². The van der Waals surface area contributed by atoms with E-state index in [9.17, 15) is 4.79 Å². The standard InChI is InChI=1S/C13H17NO3S/c1-4-8-16-11-6-5-7-12(9-11)18-14-13(15)17-10(2)3/h4-7,9-10H,1,8H2,2-3H3,(H,14,15). The van der Waals surface area contributed by atoms with Gasteiger partial charge in [-0.1, -0.05) is 18.7 Å². The molecule has 98 valence electrons. The molecule has 0 spiro atoms. The average Bonchev–Trinajstić information content (AvgIpc) is 2.33. The van der Waals surface area contributed by atoms with E-state index in [0.29, 0.717) is 6.61 Å². The smallest absolute Gasteiger partial charge is 0.417 e. The molecule has 1 aromatic rings. The largest absolute Gasteiger partial charge is 0.490 e. The number of amides is 1. The summed E-state index contributed by atoms with van der Waals surface area (Å²) in [5, 5.41) is 0. The van der Waals surface area contributed by atoms with Gasteiger partial charge < -0.3 is 9.47 Å². The van der Waals surface area contributed by atoms with Crippen molar-refractivity contribution in [3.63, 3.8) is 0 Å². The van der Waals surface area contributed by atoms with E-state index in [0.717, 1.165) is 10.6 Å². The lowest BCUT2D eigenvalue weighted by Gasteiger charge is -2.09. The van der Waals surface area contributed by atoms with Crippen molar-refractivity contribution < 1.29 is 14.3 Å². The Bertz CT molecular complexity index is 407. The highest BCUT2D eigenvalue weighted by Gasteiger charge is 2.05. The third-order valence-corrected chi connectivity index (χ3v) is 2.53. The van der Waals surface area contributed by atoms with Gasteiger partial charge in [0, 0.05) is 4.90 Å². The van der Waals surface area contributed by atoms with Gasteiger partial charge >= 0.3 is 6.09 Å². The first kappa shape index (κ1) is 14.4. The second-order valence-corrected chi connectivity index (χ2v) is 4.61. The van der Waals surface area contributed by atoms with Crippen LogP contribution in [0.25, 0.3) is 0 Å². The van der Waals surface area contributed by atoms with Gasteiger partial charge in [-0.2, -0.15) is 0 Å². The van der Waals surface area contributed by atoms with Gasteiger partial charge in [-0.15, -0.1) is 0 Å². The van der Waals surface area contributed by atoms with Crippen molar-refractivity contribution in [1.29, 1.82) is 0 Å². The molecule has 0 aliphatic rings. The van der Waals surface area contributed by atoms with Crippen LogP contribution in [0.2, 0.25) is 0 Å². The SMILES string of the molecule is C=CCOc1cccc(SNC(=O)OC(C)C)c1. The first-order valence-corrected chi connectivity index (χ1v) is 6.40.